The minimum Gasteiger partial charge on any atom is -0.496 e. The third-order valence-corrected chi connectivity index (χ3v) is 3.35. The van der Waals surface area contributed by atoms with Gasteiger partial charge in [0.2, 0.25) is 0 Å². The number of carbonyl (C=O) groups is 1. The van der Waals surface area contributed by atoms with Crippen LogP contribution in [-0.2, 0) is 0 Å². The Kier molecular flexibility index (Phi) is 6.36. The monoisotopic (exact) mass is 264 g/mol. The number of amides is 1. The maximum Gasteiger partial charge on any atom is 0.255 e. The molecule has 0 aromatic heterocycles. The van der Waals surface area contributed by atoms with E-state index in [-0.39, 0.29) is 5.91 Å². The number of para-hydroxylation sites is 1. The number of carbonyl (C=O) groups excluding carboxylic acids is 1. The van der Waals surface area contributed by atoms with Crippen molar-refractivity contribution in [1.29, 1.82) is 0 Å². The Bertz CT molecular complexity index is 403. The van der Waals surface area contributed by atoms with Gasteiger partial charge in [0.1, 0.15) is 5.75 Å². The molecule has 4 nitrogen and oxygen atoms in total. The summed E-state index contributed by atoms with van der Waals surface area (Å²) in [4.78, 5) is 14.4. The highest BCUT2D eigenvalue weighted by Crippen LogP contribution is 2.16. The van der Waals surface area contributed by atoms with Gasteiger partial charge in [0, 0.05) is 12.6 Å². The van der Waals surface area contributed by atoms with Crippen molar-refractivity contribution in [2.24, 2.45) is 0 Å². The van der Waals surface area contributed by atoms with Crippen LogP contribution in [0.2, 0.25) is 0 Å². The van der Waals surface area contributed by atoms with Crippen molar-refractivity contribution in [2.75, 3.05) is 26.7 Å². The number of hydrogen-bond acceptors (Lipinski definition) is 3. The van der Waals surface area contributed by atoms with Crippen LogP contribution in [0.15, 0.2) is 24.3 Å². The average Bonchev–Trinajstić information content (AvgIpc) is 2.45. The first-order valence-corrected chi connectivity index (χ1v) is 6.79. The molecular weight excluding hydrogens is 240 g/mol. The second-order valence-corrected chi connectivity index (χ2v) is 4.48. The summed E-state index contributed by atoms with van der Waals surface area (Å²) < 4.78 is 5.19. The number of nitrogens with zero attached hydrogens (tertiary/aromatic N) is 1. The van der Waals surface area contributed by atoms with Gasteiger partial charge in [-0.1, -0.05) is 26.0 Å². The fourth-order valence-corrected chi connectivity index (χ4v) is 2.14. The lowest BCUT2D eigenvalue weighted by Gasteiger charge is -2.26. The first-order valence-electron chi connectivity index (χ1n) is 6.79. The normalized spacial score (nSPS) is 12.3. The second kappa shape index (κ2) is 7.79. The minimum atomic E-state index is -0.0866. The third-order valence-electron chi connectivity index (χ3n) is 3.35. The topological polar surface area (TPSA) is 41.6 Å². The smallest absolute Gasteiger partial charge is 0.255 e. The Morgan fingerprint density at radius 2 is 1.95 bits per heavy atom. The molecule has 19 heavy (non-hydrogen) atoms. The lowest BCUT2D eigenvalue weighted by Crippen LogP contribution is -2.42. The largest absolute Gasteiger partial charge is 0.496 e. The zero-order valence-electron chi connectivity index (χ0n) is 12.3. The number of rotatable bonds is 7. The molecule has 0 radical (unpaired) electrons. The molecule has 0 heterocycles. The van der Waals surface area contributed by atoms with Crippen molar-refractivity contribution in [3.8, 4) is 5.75 Å². The summed E-state index contributed by atoms with van der Waals surface area (Å²) in [5.41, 5.74) is 0.580. The molecule has 1 aromatic rings. The van der Waals surface area contributed by atoms with Gasteiger partial charge in [-0.05, 0) is 32.1 Å². The van der Waals surface area contributed by atoms with E-state index in [1.165, 1.54) is 0 Å². The summed E-state index contributed by atoms with van der Waals surface area (Å²) in [6.45, 7) is 8.99. The molecule has 4 heteroatoms. The maximum absolute atomic E-state index is 12.1. The Balaban J connectivity index is 2.60. The van der Waals surface area contributed by atoms with Gasteiger partial charge < -0.3 is 10.1 Å². The molecule has 106 valence electrons. The summed E-state index contributed by atoms with van der Waals surface area (Å²) >= 11 is 0. The molecule has 0 aliphatic carbocycles. The van der Waals surface area contributed by atoms with Crippen LogP contribution in [0.25, 0.3) is 0 Å². The van der Waals surface area contributed by atoms with Crippen LogP contribution in [0.5, 0.6) is 5.75 Å². The summed E-state index contributed by atoms with van der Waals surface area (Å²) in [5.74, 6) is 0.520. The van der Waals surface area contributed by atoms with Crippen molar-refractivity contribution in [2.45, 2.75) is 26.8 Å². The lowest BCUT2D eigenvalue weighted by atomic mass is 10.2. The van der Waals surface area contributed by atoms with E-state index < -0.39 is 0 Å². The minimum absolute atomic E-state index is 0.0866. The van der Waals surface area contributed by atoms with Gasteiger partial charge in [0.15, 0.2) is 0 Å². The number of ether oxygens (including phenoxy) is 1. The van der Waals surface area contributed by atoms with Crippen LogP contribution in [0.1, 0.15) is 31.1 Å². The molecule has 1 aromatic carbocycles. The number of methoxy groups -OCH3 is 1. The van der Waals surface area contributed by atoms with E-state index in [1.807, 2.05) is 12.1 Å². The van der Waals surface area contributed by atoms with Crippen LogP contribution in [0.4, 0.5) is 0 Å². The van der Waals surface area contributed by atoms with E-state index in [2.05, 4.69) is 31.0 Å². The average molecular weight is 264 g/mol. The van der Waals surface area contributed by atoms with Gasteiger partial charge in [-0.2, -0.15) is 0 Å². The van der Waals surface area contributed by atoms with E-state index in [9.17, 15) is 4.79 Å². The third kappa shape index (κ3) is 4.24. The fourth-order valence-electron chi connectivity index (χ4n) is 2.14. The van der Waals surface area contributed by atoms with Crippen LogP contribution >= 0.6 is 0 Å². The zero-order valence-corrected chi connectivity index (χ0v) is 12.3. The van der Waals surface area contributed by atoms with E-state index in [0.717, 1.165) is 13.1 Å². The van der Waals surface area contributed by atoms with Crippen molar-refractivity contribution in [1.82, 2.24) is 10.2 Å². The van der Waals surface area contributed by atoms with Gasteiger partial charge in [-0.15, -0.1) is 0 Å². The van der Waals surface area contributed by atoms with Gasteiger partial charge in [0.05, 0.1) is 12.7 Å². The molecule has 0 spiro atoms. The molecule has 0 saturated heterocycles. The summed E-state index contributed by atoms with van der Waals surface area (Å²) in [6.07, 6.45) is 0. The predicted octanol–water partition coefficient (Wildman–Crippen LogP) is 2.16. The highest BCUT2D eigenvalue weighted by Gasteiger charge is 2.14. The van der Waals surface area contributed by atoms with Crippen molar-refractivity contribution in [3.63, 3.8) is 0 Å². The molecule has 1 atom stereocenters. The SMILES string of the molecule is CCN(CC)C(C)CNC(=O)c1ccccc1OC. The number of likely N-dealkylation sites (N-methyl/N-ethyl adjacent to an activating group) is 1. The Morgan fingerprint density at radius 1 is 1.32 bits per heavy atom. The number of hydrogen-bond donors (Lipinski definition) is 1. The molecule has 0 aliphatic rings. The molecule has 0 saturated carbocycles. The van der Waals surface area contributed by atoms with Gasteiger partial charge in [-0.3, -0.25) is 9.69 Å². The van der Waals surface area contributed by atoms with Crippen LogP contribution in [-0.4, -0.2) is 43.6 Å². The van der Waals surface area contributed by atoms with E-state index in [1.54, 1.807) is 19.2 Å². The first-order chi connectivity index (χ1) is 9.13. The predicted molar refractivity (Wildman–Crippen MR) is 77.7 cm³/mol. The molecule has 1 unspecified atom stereocenters. The van der Waals surface area contributed by atoms with Crippen molar-refractivity contribution < 1.29 is 9.53 Å². The quantitative estimate of drug-likeness (QED) is 0.820. The van der Waals surface area contributed by atoms with Gasteiger partial charge in [0.25, 0.3) is 5.91 Å². The Morgan fingerprint density at radius 3 is 2.53 bits per heavy atom. The second-order valence-electron chi connectivity index (χ2n) is 4.48. The summed E-state index contributed by atoms with van der Waals surface area (Å²) in [6, 6.07) is 7.59. The fraction of sp³-hybridized carbons (Fsp3) is 0.533. The Labute approximate surface area is 115 Å². The molecular formula is C15H24N2O2. The highest BCUT2D eigenvalue weighted by atomic mass is 16.5. The van der Waals surface area contributed by atoms with Crippen molar-refractivity contribution in [3.05, 3.63) is 29.8 Å². The molecule has 1 rings (SSSR count). The van der Waals surface area contributed by atoms with Crippen LogP contribution < -0.4 is 10.1 Å². The summed E-state index contributed by atoms with van der Waals surface area (Å²) in [5, 5.41) is 2.96. The highest BCUT2D eigenvalue weighted by molar-refractivity contribution is 5.96. The molecule has 0 aliphatic heterocycles. The van der Waals surface area contributed by atoms with E-state index in [4.69, 9.17) is 4.74 Å². The number of benzene rings is 1. The molecule has 0 bridgehead atoms. The van der Waals surface area contributed by atoms with Crippen LogP contribution in [0.3, 0.4) is 0 Å². The first kappa shape index (κ1) is 15.5. The lowest BCUT2D eigenvalue weighted by molar-refractivity contribution is 0.0935. The van der Waals surface area contributed by atoms with E-state index in [0.29, 0.717) is 23.9 Å². The Hall–Kier alpha value is -1.55. The molecule has 0 fully saturated rings. The van der Waals surface area contributed by atoms with Crippen molar-refractivity contribution >= 4 is 5.91 Å². The zero-order chi connectivity index (χ0) is 14.3. The van der Waals surface area contributed by atoms with E-state index >= 15 is 0 Å². The maximum atomic E-state index is 12.1. The van der Waals surface area contributed by atoms with Crippen LogP contribution in [0, 0.1) is 0 Å². The molecule has 1 amide bonds. The van der Waals surface area contributed by atoms with Gasteiger partial charge >= 0.3 is 0 Å². The molecule has 1 N–H and O–H groups in total. The van der Waals surface area contributed by atoms with Gasteiger partial charge in [-0.25, -0.2) is 0 Å². The standard InChI is InChI=1S/C15H24N2O2/c1-5-17(6-2)12(3)11-16-15(18)13-9-7-8-10-14(13)19-4/h7-10,12H,5-6,11H2,1-4H3,(H,16,18). The summed E-state index contributed by atoms with van der Waals surface area (Å²) in [7, 11) is 1.57. The number of nitrogens with one attached hydrogen (secondary N) is 1.